The van der Waals surface area contributed by atoms with Crippen LogP contribution in [0.25, 0.3) is 0 Å². The van der Waals surface area contributed by atoms with Gasteiger partial charge in [0.25, 0.3) is 0 Å². The van der Waals surface area contributed by atoms with Gasteiger partial charge in [-0.25, -0.2) is 9.89 Å². The molecule has 0 amide bonds. The molecule has 0 bridgehead atoms. The standard InChI is InChI=1S/C14H12N4/c15-11-18(13-9-5-2-6-10-13)14(16)17-12-7-3-1-4-8-12/h1-10H,(H2,16,17). The maximum absolute atomic E-state index is 9.14. The topological polar surface area (TPSA) is 65.4 Å². The van der Waals surface area contributed by atoms with Crippen molar-refractivity contribution in [3.63, 3.8) is 0 Å². The molecule has 0 saturated carbocycles. The van der Waals surface area contributed by atoms with E-state index >= 15 is 0 Å². The first-order valence-corrected chi connectivity index (χ1v) is 5.45. The smallest absolute Gasteiger partial charge is 0.214 e. The third kappa shape index (κ3) is 2.66. The van der Waals surface area contributed by atoms with Crippen molar-refractivity contribution in [1.82, 2.24) is 0 Å². The number of guanidine groups is 1. The number of benzene rings is 2. The van der Waals surface area contributed by atoms with Crippen LogP contribution in [0.1, 0.15) is 0 Å². The average Bonchev–Trinajstić information content (AvgIpc) is 2.42. The quantitative estimate of drug-likeness (QED) is 0.377. The molecular formula is C14H12N4. The summed E-state index contributed by atoms with van der Waals surface area (Å²) in [5.74, 6) is 0.148. The van der Waals surface area contributed by atoms with E-state index in [0.29, 0.717) is 11.4 Å². The average molecular weight is 236 g/mol. The van der Waals surface area contributed by atoms with Gasteiger partial charge in [-0.3, -0.25) is 0 Å². The molecule has 0 unspecified atom stereocenters. The lowest BCUT2D eigenvalue weighted by molar-refractivity contribution is 1.27. The number of nitriles is 1. The van der Waals surface area contributed by atoms with Gasteiger partial charge in [0.2, 0.25) is 5.96 Å². The Hall–Kier alpha value is -2.80. The molecule has 2 aromatic carbocycles. The van der Waals surface area contributed by atoms with E-state index in [0.717, 1.165) is 0 Å². The van der Waals surface area contributed by atoms with Crippen molar-refractivity contribution in [1.29, 1.82) is 5.26 Å². The highest BCUT2D eigenvalue weighted by atomic mass is 15.2. The van der Waals surface area contributed by atoms with Gasteiger partial charge >= 0.3 is 0 Å². The Kier molecular flexibility index (Phi) is 3.57. The first-order valence-electron chi connectivity index (χ1n) is 5.45. The molecule has 0 aliphatic heterocycles. The fourth-order valence-electron chi connectivity index (χ4n) is 1.50. The molecule has 0 heterocycles. The summed E-state index contributed by atoms with van der Waals surface area (Å²) in [5.41, 5.74) is 7.25. The molecule has 2 aromatic rings. The van der Waals surface area contributed by atoms with Crippen LogP contribution in [0.3, 0.4) is 0 Å². The number of aliphatic imine (C=N–C) groups is 1. The van der Waals surface area contributed by atoms with Gasteiger partial charge in [0.15, 0.2) is 6.19 Å². The normalized spacial score (nSPS) is 10.7. The lowest BCUT2D eigenvalue weighted by Crippen LogP contribution is -2.33. The van der Waals surface area contributed by atoms with Crippen LogP contribution in [0.4, 0.5) is 11.4 Å². The van der Waals surface area contributed by atoms with Crippen molar-refractivity contribution >= 4 is 17.3 Å². The Morgan fingerprint density at radius 2 is 1.56 bits per heavy atom. The van der Waals surface area contributed by atoms with Gasteiger partial charge in [0.05, 0.1) is 11.4 Å². The van der Waals surface area contributed by atoms with Gasteiger partial charge < -0.3 is 5.73 Å². The van der Waals surface area contributed by atoms with E-state index in [2.05, 4.69) is 4.99 Å². The second-order valence-corrected chi connectivity index (χ2v) is 3.58. The van der Waals surface area contributed by atoms with Crippen LogP contribution in [0.2, 0.25) is 0 Å². The second kappa shape index (κ2) is 5.51. The van der Waals surface area contributed by atoms with E-state index in [1.54, 1.807) is 12.1 Å². The SMILES string of the molecule is N#CN(C(N)=Nc1ccccc1)c1ccccc1. The minimum absolute atomic E-state index is 0.148. The summed E-state index contributed by atoms with van der Waals surface area (Å²) in [5, 5.41) is 9.14. The summed E-state index contributed by atoms with van der Waals surface area (Å²) < 4.78 is 0. The Balaban J connectivity index is 2.30. The van der Waals surface area contributed by atoms with Crippen molar-refractivity contribution in [3.8, 4) is 6.19 Å². The zero-order valence-corrected chi connectivity index (χ0v) is 9.69. The predicted molar refractivity (Wildman–Crippen MR) is 72.3 cm³/mol. The molecule has 4 heteroatoms. The fraction of sp³-hybridized carbons (Fsp3) is 0. The monoisotopic (exact) mass is 236 g/mol. The summed E-state index contributed by atoms with van der Waals surface area (Å²) in [7, 11) is 0. The lowest BCUT2D eigenvalue weighted by Gasteiger charge is -2.13. The van der Waals surface area contributed by atoms with Crippen LogP contribution in [0.5, 0.6) is 0 Å². The minimum atomic E-state index is 0.148. The Morgan fingerprint density at radius 3 is 2.11 bits per heavy atom. The maximum Gasteiger partial charge on any atom is 0.214 e. The predicted octanol–water partition coefficient (Wildman–Crippen LogP) is 2.62. The van der Waals surface area contributed by atoms with Crippen molar-refractivity contribution in [3.05, 3.63) is 60.7 Å². The van der Waals surface area contributed by atoms with Gasteiger partial charge in [-0.05, 0) is 24.3 Å². The molecule has 0 aromatic heterocycles. The Labute approximate surface area is 106 Å². The maximum atomic E-state index is 9.14. The molecule has 2 N–H and O–H groups in total. The largest absolute Gasteiger partial charge is 0.368 e. The fourth-order valence-corrected chi connectivity index (χ4v) is 1.50. The van der Waals surface area contributed by atoms with E-state index in [1.165, 1.54) is 4.90 Å². The van der Waals surface area contributed by atoms with Gasteiger partial charge in [-0.2, -0.15) is 5.26 Å². The van der Waals surface area contributed by atoms with Crippen molar-refractivity contribution in [2.45, 2.75) is 0 Å². The summed E-state index contributed by atoms with van der Waals surface area (Å²) in [6.07, 6.45) is 2.02. The summed E-state index contributed by atoms with van der Waals surface area (Å²) >= 11 is 0. The lowest BCUT2D eigenvalue weighted by atomic mass is 10.3. The molecule has 4 nitrogen and oxygen atoms in total. The highest BCUT2D eigenvalue weighted by molar-refractivity contribution is 5.98. The second-order valence-electron chi connectivity index (χ2n) is 3.58. The molecule has 88 valence electrons. The van der Waals surface area contributed by atoms with Crippen molar-refractivity contribution < 1.29 is 0 Å². The molecule has 0 fully saturated rings. The molecule has 18 heavy (non-hydrogen) atoms. The highest BCUT2D eigenvalue weighted by Gasteiger charge is 2.09. The van der Waals surface area contributed by atoms with E-state index in [9.17, 15) is 0 Å². The summed E-state index contributed by atoms with van der Waals surface area (Å²) in [6.45, 7) is 0. The van der Waals surface area contributed by atoms with Crippen LogP contribution in [-0.2, 0) is 0 Å². The van der Waals surface area contributed by atoms with Crippen LogP contribution in [0.15, 0.2) is 65.7 Å². The van der Waals surface area contributed by atoms with E-state index in [4.69, 9.17) is 11.0 Å². The van der Waals surface area contributed by atoms with Crippen LogP contribution >= 0.6 is 0 Å². The molecule has 0 aliphatic rings. The number of anilines is 1. The van der Waals surface area contributed by atoms with Crippen molar-refractivity contribution in [2.75, 3.05) is 4.90 Å². The van der Waals surface area contributed by atoms with Crippen LogP contribution < -0.4 is 10.6 Å². The minimum Gasteiger partial charge on any atom is -0.368 e. The zero-order valence-electron chi connectivity index (χ0n) is 9.69. The number of para-hydroxylation sites is 2. The number of hydrogen-bond donors (Lipinski definition) is 1. The van der Waals surface area contributed by atoms with E-state index < -0.39 is 0 Å². The van der Waals surface area contributed by atoms with Gasteiger partial charge in [-0.15, -0.1) is 0 Å². The highest BCUT2D eigenvalue weighted by Crippen LogP contribution is 2.15. The number of nitrogens with two attached hydrogens (primary N) is 1. The van der Waals surface area contributed by atoms with Gasteiger partial charge in [0.1, 0.15) is 0 Å². The van der Waals surface area contributed by atoms with E-state index in [-0.39, 0.29) is 5.96 Å². The van der Waals surface area contributed by atoms with Crippen molar-refractivity contribution in [2.24, 2.45) is 10.7 Å². The molecule has 2 rings (SSSR count). The number of nitrogens with zero attached hydrogens (tertiary/aromatic N) is 3. The summed E-state index contributed by atoms with van der Waals surface area (Å²) in [4.78, 5) is 5.49. The number of hydrogen-bond acceptors (Lipinski definition) is 2. The first-order chi connectivity index (χ1) is 8.81. The Bertz CT molecular complexity index is 570. The molecular weight excluding hydrogens is 224 g/mol. The molecule has 0 radical (unpaired) electrons. The third-order valence-corrected chi connectivity index (χ3v) is 2.34. The van der Waals surface area contributed by atoms with Gasteiger partial charge in [0, 0.05) is 0 Å². The van der Waals surface area contributed by atoms with E-state index in [1.807, 2.05) is 54.7 Å². The molecule has 0 aliphatic carbocycles. The Morgan fingerprint density at radius 1 is 1.00 bits per heavy atom. The summed E-state index contributed by atoms with van der Waals surface area (Å²) in [6, 6.07) is 18.5. The number of rotatable bonds is 2. The third-order valence-electron chi connectivity index (χ3n) is 2.34. The molecule has 0 saturated heterocycles. The van der Waals surface area contributed by atoms with Crippen LogP contribution in [-0.4, -0.2) is 5.96 Å². The van der Waals surface area contributed by atoms with Gasteiger partial charge in [-0.1, -0.05) is 36.4 Å². The first kappa shape index (κ1) is 11.7. The zero-order chi connectivity index (χ0) is 12.8. The molecule has 0 spiro atoms. The molecule has 0 atom stereocenters. The van der Waals surface area contributed by atoms with Crippen LogP contribution in [0, 0.1) is 11.5 Å².